The number of halogens is 1. The normalized spacial score (nSPS) is 17.4. The topological polar surface area (TPSA) is 87.4 Å². The van der Waals surface area contributed by atoms with Crippen LogP contribution >= 0.6 is 11.6 Å². The molecule has 1 aliphatic carbocycles. The minimum absolute atomic E-state index is 0.185. The number of fused-ring (bicyclic) bond motifs is 1. The number of nitrogens with one attached hydrogen (secondary N) is 4. The van der Waals surface area contributed by atoms with Gasteiger partial charge >= 0.3 is 0 Å². The number of benzene rings is 3. The number of carbonyl (C=O) groups excluding carboxylic acids is 1. The second-order valence-electron chi connectivity index (χ2n) is 10.4. The smallest absolute Gasteiger partial charge is 0.272 e. The van der Waals surface area contributed by atoms with Crippen molar-refractivity contribution in [3.8, 4) is 17.2 Å². The minimum Gasteiger partial charge on any atom is -0.490 e. The maximum Gasteiger partial charge on any atom is 0.272 e. The van der Waals surface area contributed by atoms with E-state index in [9.17, 15) is 4.79 Å². The Labute approximate surface area is 233 Å². The van der Waals surface area contributed by atoms with Crippen LogP contribution < -0.4 is 25.4 Å². The summed E-state index contributed by atoms with van der Waals surface area (Å²) in [5.41, 5.74) is 2.79. The highest BCUT2D eigenvalue weighted by atomic mass is 35.5. The van der Waals surface area contributed by atoms with Gasteiger partial charge in [-0.05, 0) is 75.4 Å². The largest absolute Gasteiger partial charge is 0.490 e. The van der Waals surface area contributed by atoms with Gasteiger partial charge in [0, 0.05) is 46.9 Å². The van der Waals surface area contributed by atoms with Crippen molar-refractivity contribution < 1.29 is 14.3 Å². The van der Waals surface area contributed by atoms with Crippen LogP contribution in [0.15, 0.2) is 66.7 Å². The standard InChI is InChI=1S/C31H33ClN4O3/c32-21-13-20-14-29(36-30(20)28(15-21)34-19-22-7-6-12-33-22)31(37)35-23-16-26(38-24-8-2-1-3-9-24)18-27(17-23)39-25-10-4-5-11-25/h1-3,8-9,13-18,22,25,33-34,36H,4-7,10-12,19H2,(H,35,37). The predicted molar refractivity (Wildman–Crippen MR) is 157 cm³/mol. The summed E-state index contributed by atoms with van der Waals surface area (Å²) in [6.45, 7) is 1.85. The second kappa shape index (κ2) is 11.6. The summed E-state index contributed by atoms with van der Waals surface area (Å²) in [7, 11) is 0. The summed E-state index contributed by atoms with van der Waals surface area (Å²) in [6, 6.07) is 21.2. The van der Waals surface area contributed by atoms with Crippen molar-refractivity contribution in [3.63, 3.8) is 0 Å². The van der Waals surface area contributed by atoms with Gasteiger partial charge in [-0.2, -0.15) is 0 Å². The first-order valence-corrected chi connectivity index (χ1v) is 14.1. The van der Waals surface area contributed by atoms with Gasteiger partial charge in [0.25, 0.3) is 5.91 Å². The Bertz CT molecular complexity index is 1440. The molecule has 1 atom stereocenters. The zero-order chi connectivity index (χ0) is 26.6. The van der Waals surface area contributed by atoms with Crippen molar-refractivity contribution in [1.82, 2.24) is 10.3 Å². The fraction of sp³-hybridized carbons (Fsp3) is 0.323. The van der Waals surface area contributed by atoms with E-state index in [0.717, 1.165) is 48.9 Å². The van der Waals surface area contributed by atoms with Crippen molar-refractivity contribution in [1.29, 1.82) is 0 Å². The molecule has 1 aliphatic heterocycles. The molecule has 8 heteroatoms. The number of rotatable bonds is 9. The molecule has 202 valence electrons. The lowest BCUT2D eigenvalue weighted by Gasteiger charge is -2.16. The van der Waals surface area contributed by atoms with Crippen LogP contribution in [0.4, 0.5) is 11.4 Å². The molecular formula is C31H33ClN4O3. The van der Waals surface area contributed by atoms with Crippen molar-refractivity contribution in [2.45, 2.75) is 50.7 Å². The van der Waals surface area contributed by atoms with Crippen LogP contribution in [0.1, 0.15) is 49.0 Å². The van der Waals surface area contributed by atoms with Gasteiger partial charge in [-0.25, -0.2) is 0 Å². The number of carbonyl (C=O) groups is 1. The molecule has 1 saturated heterocycles. The summed E-state index contributed by atoms with van der Waals surface area (Å²) in [4.78, 5) is 16.7. The summed E-state index contributed by atoms with van der Waals surface area (Å²) < 4.78 is 12.4. The molecule has 3 aromatic carbocycles. The Balaban J connectivity index is 1.23. The number of para-hydroxylation sites is 1. The summed E-state index contributed by atoms with van der Waals surface area (Å²) in [6.07, 6.45) is 6.94. The first-order valence-electron chi connectivity index (χ1n) is 13.7. The molecule has 1 aromatic heterocycles. The van der Waals surface area contributed by atoms with Crippen LogP contribution in [0.2, 0.25) is 5.02 Å². The quantitative estimate of drug-likeness (QED) is 0.177. The van der Waals surface area contributed by atoms with E-state index in [0.29, 0.717) is 39.7 Å². The minimum atomic E-state index is -0.255. The van der Waals surface area contributed by atoms with Gasteiger partial charge in [0.1, 0.15) is 22.9 Å². The average molecular weight is 545 g/mol. The first kappa shape index (κ1) is 25.6. The van der Waals surface area contributed by atoms with E-state index in [1.165, 1.54) is 19.3 Å². The summed E-state index contributed by atoms with van der Waals surface area (Å²) in [5.74, 6) is 1.74. The van der Waals surface area contributed by atoms with E-state index in [1.54, 1.807) is 0 Å². The van der Waals surface area contributed by atoms with Crippen LogP contribution in [-0.4, -0.2) is 36.1 Å². The van der Waals surface area contributed by atoms with Crippen LogP contribution in [0.5, 0.6) is 17.2 Å². The predicted octanol–water partition coefficient (Wildman–Crippen LogP) is 7.35. The van der Waals surface area contributed by atoms with Crippen LogP contribution in [0, 0.1) is 0 Å². The van der Waals surface area contributed by atoms with Gasteiger partial charge in [-0.3, -0.25) is 4.79 Å². The fourth-order valence-corrected chi connectivity index (χ4v) is 5.65. The molecule has 1 amide bonds. The number of amides is 1. The number of H-pyrrole nitrogens is 1. The molecule has 1 unspecified atom stereocenters. The molecule has 0 radical (unpaired) electrons. The highest BCUT2D eigenvalue weighted by molar-refractivity contribution is 6.32. The Kier molecular flexibility index (Phi) is 7.61. The third kappa shape index (κ3) is 6.32. The molecular weight excluding hydrogens is 512 g/mol. The monoisotopic (exact) mass is 544 g/mol. The molecule has 6 rings (SSSR count). The zero-order valence-corrected chi connectivity index (χ0v) is 22.5. The molecule has 0 spiro atoms. The highest BCUT2D eigenvalue weighted by Gasteiger charge is 2.19. The molecule has 2 fully saturated rings. The fourth-order valence-electron chi connectivity index (χ4n) is 5.43. The summed E-state index contributed by atoms with van der Waals surface area (Å²) >= 11 is 6.41. The van der Waals surface area contributed by atoms with E-state index in [1.807, 2.05) is 66.7 Å². The van der Waals surface area contributed by atoms with Crippen molar-refractivity contribution in [3.05, 3.63) is 77.4 Å². The maximum atomic E-state index is 13.4. The molecule has 39 heavy (non-hydrogen) atoms. The molecule has 4 N–H and O–H groups in total. The SMILES string of the molecule is O=C(Nc1cc(Oc2ccccc2)cc(OC2CCCC2)c1)c1cc2cc(Cl)cc(NCC3CCCN3)c2[nH]1. The van der Waals surface area contributed by atoms with Gasteiger partial charge in [0.2, 0.25) is 0 Å². The number of hydrogen-bond acceptors (Lipinski definition) is 5. The second-order valence-corrected chi connectivity index (χ2v) is 10.8. The molecule has 0 bridgehead atoms. The van der Waals surface area contributed by atoms with Gasteiger partial charge in [-0.1, -0.05) is 29.8 Å². The van der Waals surface area contributed by atoms with E-state index < -0.39 is 0 Å². The zero-order valence-electron chi connectivity index (χ0n) is 21.8. The van der Waals surface area contributed by atoms with Crippen molar-refractivity contribution >= 4 is 39.8 Å². The Morgan fingerprint density at radius 3 is 2.54 bits per heavy atom. The van der Waals surface area contributed by atoms with Gasteiger partial charge in [-0.15, -0.1) is 0 Å². The number of hydrogen-bond donors (Lipinski definition) is 4. The van der Waals surface area contributed by atoms with E-state index in [2.05, 4.69) is 20.9 Å². The summed E-state index contributed by atoms with van der Waals surface area (Å²) in [5, 5.41) is 11.5. The number of aromatic amines is 1. The van der Waals surface area contributed by atoms with E-state index in [4.69, 9.17) is 21.1 Å². The average Bonchev–Trinajstić information content (AvgIpc) is 3.70. The first-order chi connectivity index (χ1) is 19.1. The number of aromatic nitrogens is 1. The van der Waals surface area contributed by atoms with E-state index in [-0.39, 0.29) is 12.0 Å². The van der Waals surface area contributed by atoms with Crippen LogP contribution in [-0.2, 0) is 0 Å². The number of anilines is 2. The lowest BCUT2D eigenvalue weighted by atomic mass is 10.2. The van der Waals surface area contributed by atoms with Gasteiger partial charge in [0.15, 0.2) is 0 Å². The molecule has 1 saturated carbocycles. The lowest BCUT2D eigenvalue weighted by Crippen LogP contribution is -2.29. The third-order valence-corrected chi connectivity index (χ3v) is 7.58. The van der Waals surface area contributed by atoms with Crippen LogP contribution in [0.25, 0.3) is 10.9 Å². The van der Waals surface area contributed by atoms with Gasteiger partial charge < -0.3 is 30.4 Å². The Hall–Kier alpha value is -3.68. The maximum absolute atomic E-state index is 13.4. The highest BCUT2D eigenvalue weighted by Crippen LogP contribution is 2.33. The lowest BCUT2D eigenvalue weighted by molar-refractivity contribution is 0.102. The van der Waals surface area contributed by atoms with E-state index >= 15 is 0 Å². The molecule has 2 heterocycles. The van der Waals surface area contributed by atoms with Gasteiger partial charge in [0.05, 0.1) is 17.3 Å². The Morgan fingerprint density at radius 2 is 1.74 bits per heavy atom. The molecule has 7 nitrogen and oxygen atoms in total. The van der Waals surface area contributed by atoms with Crippen molar-refractivity contribution in [2.75, 3.05) is 23.7 Å². The molecule has 2 aliphatic rings. The van der Waals surface area contributed by atoms with Crippen molar-refractivity contribution in [2.24, 2.45) is 0 Å². The Morgan fingerprint density at radius 1 is 0.923 bits per heavy atom. The number of ether oxygens (including phenoxy) is 2. The van der Waals surface area contributed by atoms with Crippen LogP contribution in [0.3, 0.4) is 0 Å². The third-order valence-electron chi connectivity index (χ3n) is 7.36. The molecule has 4 aromatic rings.